The summed E-state index contributed by atoms with van der Waals surface area (Å²) < 4.78 is 5.37. The normalized spacial score (nSPS) is 14.0. The number of nitrogens with one attached hydrogen (secondary N) is 2. The summed E-state index contributed by atoms with van der Waals surface area (Å²) in [5.74, 6) is 0. The number of amides is 1. The summed E-state index contributed by atoms with van der Waals surface area (Å²) in [6, 6.07) is 16.9. The van der Waals surface area contributed by atoms with Gasteiger partial charge >= 0.3 is 6.09 Å². The van der Waals surface area contributed by atoms with Gasteiger partial charge in [-0.1, -0.05) is 54.6 Å². The van der Waals surface area contributed by atoms with Crippen molar-refractivity contribution >= 4 is 6.09 Å². The first-order chi connectivity index (χ1) is 14.4. The smallest absolute Gasteiger partial charge is 0.407 e. The van der Waals surface area contributed by atoms with Gasteiger partial charge in [-0.25, -0.2) is 4.79 Å². The monoisotopic (exact) mass is 428 g/mol. The number of rotatable bonds is 9. The molecule has 0 saturated heterocycles. The SMILES string of the molecule is CC(C)(C)OC(=O)N[C@@H](Cc1ccccc1)[C@H](O)CNCc1cccc(C(C)(C)O)c1. The summed E-state index contributed by atoms with van der Waals surface area (Å²) in [6.07, 6.45) is -0.882. The molecule has 0 aromatic heterocycles. The highest BCUT2D eigenvalue weighted by Crippen LogP contribution is 2.20. The van der Waals surface area contributed by atoms with Crippen LogP contribution in [0.4, 0.5) is 4.79 Å². The molecule has 1 amide bonds. The Morgan fingerprint density at radius 1 is 1.00 bits per heavy atom. The third-order valence-electron chi connectivity index (χ3n) is 4.78. The van der Waals surface area contributed by atoms with Crippen LogP contribution in [-0.2, 0) is 23.3 Å². The summed E-state index contributed by atoms with van der Waals surface area (Å²) in [5, 5.41) is 27.1. The second kappa shape index (κ2) is 10.8. The van der Waals surface area contributed by atoms with Gasteiger partial charge in [0.25, 0.3) is 0 Å². The molecule has 0 saturated carbocycles. The van der Waals surface area contributed by atoms with Gasteiger partial charge in [-0.05, 0) is 57.7 Å². The second-order valence-electron chi connectivity index (χ2n) is 9.40. The van der Waals surface area contributed by atoms with E-state index in [2.05, 4.69) is 10.6 Å². The number of carbonyl (C=O) groups excluding carboxylic acids is 1. The van der Waals surface area contributed by atoms with Crippen molar-refractivity contribution in [1.82, 2.24) is 10.6 Å². The molecule has 6 nitrogen and oxygen atoms in total. The lowest BCUT2D eigenvalue weighted by Crippen LogP contribution is -2.49. The zero-order valence-corrected chi connectivity index (χ0v) is 19.2. The van der Waals surface area contributed by atoms with Crippen LogP contribution in [0.5, 0.6) is 0 Å². The van der Waals surface area contributed by atoms with Crippen molar-refractivity contribution < 1.29 is 19.7 Å². The second-order valence-corrected chi connectivity index (χ2v) is 9.40. The predicted molar refractivity (Wildman–Crippen MR) is 123 cm³/mol. The minimum absolute atomic E-state index is 0.292. The Morgan fingerprint density at radius 2 is 1.65 bits per heavy atom. The number of alkyl carbamates (subject to hydrolysis) is 1. The molecule has 170 valence electrons. The molecule has 0 radical (unpaired) electrons. The van der Waals surface area contributed by atoms with Gasteiger partial charge in [0.1, 0.15) is 5.60 Å². The molecule has 0 spiro atoms. The molecule has 6 heteroatoms. The molecule has 2 rings (SSSR count). The Kier molecular flexibility index (Phi) is 8.62. The van der Waals surface area contributed by atoms with Crippen molar-refractivity contribution in [3.63, 3.8) is 0 Å². The maximum Gasteiger partial charge on any atom is 0.407 e. The van der Waals surface area contributed by atoms with Gasteiger partial charge in [0.15, 0.2) is 0 Å². The molecule has 0 aliphatic rings. The van der Waals surface area contributed by atoms with Crippen LogP contribution in [0, 0.1) is 0 Å². The molecule has 2 atom stereocenters. The molecular weight excluding hydrogens is 392 g/mol. The molecule has 0 unspecified atom stereocenters. The fraction of sp³-hybridized carbons (Fsp3) is 0.480. The Bertz CT molecular complexity index is 825. The van der Waals surface area contributed by atoms with Gasteiger partial charge in [-0.3, -0.25) is 0 Å². The standard InChI is InChI=1S/C25H36N2O4/c1-24(2,3)31-23(29)27-21(15-18-10-7-6-8-11-18)22(28)17-26-16-19-12-9-13-20(14-19)25(4,5)30/h6-14,21-22,26,28,30H,15-17H2,1-5H3,(H,27,29)/t21-,22+/m0/s1. The Labute approximate surface area is 185 Å². The van der Waals surface area contributed by atoms with Crippen LogP contribution in [-0.4, -0.2) is 40.6 Å². The fourth-order valence-electron chi connectivity index (χ4n) is 3.18. The first kappa shape index (κ1) is 24.9. The number of aliphatic hydroxyl groups is 2. The average Bonchev–Trinajstić information content (AvgIpc) is 2.66. The number of ether oxygens (including phenoxy) is 1. The molecule has 31 heavy (non-hydrogen) atoms. The number of hydrogen-bond acceptors (Lipinski definition) is 5. The van der Waals surface area contributed by atoms with Crippen molar-refractivity contribution in [3.8, 4) is 0 Å². The quantitative estimate of drug-likeness (QED) is 0.491. The highest BCUT2D eigenvalue weighted by Gasteiger charge is 2.25. The molecule has 0 bridgehead atoms. The van der Waals surface area contributed by atoms with E-state index in [1.807, 2.05) is 54.6 Å². The lowest BCUT2D eigenvalue weighted by molar-refractivity contribution is 0.0422. The lowest BCUT2D eigenvalue weighted by Gasteiger charge is -2.27. The third-order valence-corrected chi connectivity index (χ3v) is 4.78. The van der Waals surface area contributed by atoms with E-state index in [-0.39, 0.29) is 0 Å². The highest BCUT2D eigenvalue weighted by atomic mass is 16.6. The van der Waals surface area contributed by atoms with E-state index in [1.54, 1.807) is 34.6 Å². The summed E-state index contributed by atoms with van der Waals surface area (Å²) in [7, 11) is 0. The van der Waals surface area contributed by atoms with E-state index in [1.165, 1.54) is 0 Å². The van der Waals surface area contributed by atoms with Crippen molar-refractivity contribution in [1.29, 1.82) is 0 Å². The molecule has 2 aromatic rings. The van der Waals surface area contributed by atoms with Crippen LogP contribution in [0.2, 0.25) is 0 Å². The fourth-order valence-corrected chi connectivity index (χ4v) is 3.18. The van der Waals surface area contributed by atoms with Gasteiger partial charge in [0, 0.05) is 13.1 Å². The van der Waals surface area contributed by atoms with E-state index < -0.39 is 29.4 Å². The number of hydrogen-bond donors (Lipinski definition) is 4. The summed E-state index contributed by atoms with van der Waals surface area (Å²) in [5.41, 5.74) is 1.33. The number of carbonyl (C=O) groups is 1. The first-order valence-corrected chi connectivity index (χ1v) is 10.7. The highest BCUT2D eigenvalue weighted by molar-refractivity contribution is 5.68. The predicted octanol–water partition coefficient (Wildman–Crippen LogP) is 3.50. The van der Waals surface area contributed by atoms with Gasteiger partial charge in [0.2, 0.25) is 0 Å². The van der Waals surface area contributed by atoms with Crippen molar-refractivity contribution in [3.05, 3.63) is 71.3 Å². The summed E-state index contributed by atoms with van der Waals surface area (Å²) in [6.45, 7) is 9.74. The number of benzene rings is 2. The van der Waals surface area contributed by atoms with Gasteiger partial charge < -0.3 is 25.6 Å². The van der Waals surface area contributed by atoms with Crippen molar-refractivity contribution in [2.75, 3.05) is 6.54 Å². The minimum Gasteiger partial charge on any atom is -0.444 e. The Hall–Kier alpha value is -2.41. The van der Waals surface area contributed by atoms with E-state index in [0.29, 0.717) is 19.5 Å². The van der Waals surface area contributed by atoms with Crippen LogP contribution < -0.4 is 10.6 Å². The van der Waals surface area contributed by atoms with E-state index in [9.17, 15) is 15.0 Å². The zero-order chi connectivity index (χ0) is 23.1. The van der Waals surface area contributed by atoms with Crippen LogP contribution in [0.3, 0.4) is 0 Å². The van der Waals surface area contributed by atoms with Crippen LogP contribution in [0.25, 0.3) is 0 Å². The first-order valence-electron chi connectivity index (χ1n) is 10.7. The lowest BCUT2D eigenvalue weighted by atomic mass is 9.96. The van der Waals surface area contributed by atoms with E-state index >= 15 is 0 Å². The van der Waals surface area contributed by atoms with E-state index in [4.69, 9.17) is 4.74 Å². The molecule has 0 fully saturated rings. The average molecular weight is 429 g/mol. The van der Waals surface area contributed by atoms with Gasteiger partial charge in [-0.15, -0.1) is 0 Å². The summed E-state index contributed by atoms with van der Waals surface area (Å²) in [4.78, 5) is 12.3. The number of aliphatic hydroxyl groups excluding tert-OH is 1. The molecule has 0 heterocycles. The van der Waals surface area contributed by atoms with Crippen LogP contribution >= 0.6 is 0 Å². The largest absolute Gasteiger partial charge is 0.444 e. The summed E-state index contributed by atoms with van der Waals surface area (Å²) >= 11 is 0. The van der Waals surface area contributed by atoms with Gasteiger partial charge in [-0.2, -0.15) is 0 Å². The Balaban J connectivity index is 1.99. The van der Waals surface area contributed by atoms with Crippen molar-refractivity contribution in [2.24, 2.45) is 0 Å². The van der Waals surface area contributed by atoms with E-state index in [0.717, 1.165) is 16.7 Å². The topological polar surface area (TPSA) is 90.8 Å². The zero-order valence-electron chi connectivity index (χ0n) is 19.2. The minimum atomic E-state index is -0.909. The molecule has 4 N–H and O–H groups in total. The van der Waals surface area contributed by atoms with Gasteiger partial charge in [0.05, 0.1) is 17.7 Å². The third kappa shape index (κ3) is 9.09. The van der Waals surface area contributed by atoms with Crippen LogP contribution in [0.1, 0.15) is 51.3 Å². The van der Waals surface area contributed by atoms with Crippen LogP contribution in [0.15, 0.2) is 54.6 Å². The Morgan fingerprint density at radius 3 is 2.26 bits per heavy atom. The molecule has 2 aromatic carbocycles. The maximum atomic E-state index is 12.3. The van der Waals surface area contributed by atoms with Crippen molar-refractivity contribution in [2.45, 2.75) is 70.9 Å². The molecular formula is C25H36N2O4. The molecule has 0 aliphatic heterocycles. The molecule has 0 aliphatic carbocycles. The maximum absolute atomic E-state index is 12.3.